The van der Waals surface area contributed by atoms with Crippen molar-refractivity contribution in [3.8, 4) is 0 Å². The van der Waals surface area contributed by atoms with Crippen LogP contribution >= 0.6 is 0 Å². The summed E-state index contributed by atoms with van der Waals surface area (Å²) in [6.45, 7) is 0.397. The Balaban J connectivity index is 2.40. The molecular formula is C12H13N5O2. The maximum Gasteiger partial charge on any atom is 0.273 e. The van der Waals surface area contributed by atoms with E-state index in [0.29, 0.717) is 13.0 Å². The van der Waals surface area contributed by atoms with Crippen molar-refractivity contribution >= 4 is 18.1 Å². The first-order chi connectivity index (χ1) is 9.13. The Hall–Kier alpha value is -2.70. The lowest BCUT2D eigenvalue weighted by atomic mass is 10.2. The van der Waals surface area contributed by atoms with Crippen LogP contribution in [0.2, 0.25) is 0 Å². The molecule has 0 aliphatic heterocycles. The van der Waals surface area contributed by atoms with Gasteiger partial charge in [0.2, 0.25) is 6.41 Å². The third-order valence-electron chi connectivity index (χ3n) is 2.61. The van der Waals surface area contributed by atoms with Gasteiger partial charge in [-0.3, -0.25) is 9.59 Å². The summed E-state index contributed by atoms with van der Waals surface area (Å²) in [5.41, 5.74) is 6.17. The fourth-order valence-corrected chi connectivity index (χ4v) is 1.73. The maximum absolute atomic E-state index is 11.3. The molecule has 1 aromatic heterocycles. The molecule has 0 radical (unpaired) electrons. The van der Waals surface area contributed by atoms with Crippen LogP contribution in [0, 0.1) is 0 Å². The van der Waals surface area contributed by atoms with Crippen molar-refractivity contribution in [1.29, 1.82) is 0 Å². The zero-order valence-electron chi connectivity index (χ0n) is 10.4. The minimum atomic E-state index is -0.719. The number of hydrogen-bond acceptors (Lipinski definition) is 4. The molecule has 7 nitrogen and oxygen atoms in total. The number of primary amides is 1. The van der Waals surface area contributed by atoms with Gasteiger partial charge in [-0.05, 0) is 5.56 Å². The second kappa shape index (κ2) is 5.30. The van der Waals surface area contributed by atoms with E-state index in [1.165, 1.54) is 16.6 Å². The van der Waals surface area contributed by atoms with Crippen molar-refractivity contribution in [3.63, 3.8) is 0 Å². The van der Waals surface area contributed by atoms with Gasteiger partial charge < -0.3 is 10.6 Å². The van der Waals surface area contributed by atoms with Gasteiger partial charge in [-0.1, -0.05) is 35.5 Å². The first-order valence-corrected chi connectivity index (χ1v) is 5.59. The third kappa shape index (κ3) is 2.59. The highest BCUT2D eigenvalue weighted by Gasteiger charge is 2.20. The average molecular weight is 259 g/mol. The Morgan fingerprint density at radius 3 is 2.68 bits per heavy atom. The van der Waals surface area contributed by atoms with Crippen LogP contribution in [-0.4, -0.2) is 34.4 Å². The first-order valence-electron chi connectivity index (χ1n) is 5.59. The van der Waals surface area contributed by atoms with E-state index in [-0.39, 0.29) is 11.5 Å². The molecule has 2 N–H and O–H groups in total. The van der Waals surface area contributed by atoms with Gasteiger partial charge in [0.25, 0.3) is 5.91 Å². The van der Waals surface area contributed by atoms with Crippen LogP contribution in [0.15, 0.2) is 30.3 Å². The summed E-state index contributed by atoms with van der Waals surface area (Å²) in [5.74, 6) is -0.436. The molecule has 2 amide bonds. The molecule has 2 aromatic rings. The van der Waals surface area contributed by atoms with E-state index in [1.807, 2.05) is 30.3 Å². The summed E-state index contributed by atoms with van der Waals surface area (Å²) >= 11 is 0. The summed E-state index contributed by atoms with van der Waals surface area (Å²) < 4.78 is 1.46. The summed E-state index contributed by atoms with van der Waals surface area (Å²) in [7, 11) is 1.51. The highest BCUT2D eigenvalue weighted by Crippen LogP contribution is 2.17. The molecule has 1 heterocycles. The number of carbonyl (C=O) groups is 2. The van der Waals surface area contributed by atoms with Crippen LogP contribution in [-0.2, 0) is 11.3 Å². The molecule has 19 heavy (non-hydrogen) atoms. The zero-order chi connectivity index (χ0) is 13.8. The highest BCUT2D eigenvalue weighted by atomic mass is 16.1. The van der Waals surface area contributed by atoms with Gasteiger partial charge in [-0.15, -0.1) is 5.10 Å². The minimum absolute atomic E-state index is 0.0227. The van der Waals surface area contributed by atoms with Crippen LogP contribution in [0.4, 0.5) is 5.82 Å². The number of benzene rings is 1. The number of nitrogens with two attached hydrogens (primary N) is 1. The van der Waals surface area contributed by atoms with Crippen LogP contribution < -0.4 is 10.6 Å². The molecule has 0 saturated carbocycles. The Morgan fingerprint density at radius 1 is 1.42 bits per heavy atom. The summed E-state index contributed by atoms with van der Waals surface area (Å²) in [6, 6.07) is 9.51. The summed E-state index contributed by atoms with van der Waals surface area (Å²) in [6.07, 6.45) is 0.576. The van der Waals surface area contributed by atoms with Gasteiger partial charge in [0.1, 0.15) is 0 Å². The standard InChI is InChI=1S/C12H13N5O2/c1-16(8-18)12-10(11(13)19)14-15-17(12)7-9-5-3-2-4-6-9/h2-6,8H,7H2,1H3,(H2,13,19). The Bertz CT molecular complexity index is 593. The molecule has 0 aliphatic rings. The SMILES string of the molecule is CN(C=O)c1c(C(N)=O)nnn1Cc1ccccc1. The number of nitrogens with zero attached hydrogens (tertiary/aromatic N) is 4. The van der Waals surface area contributed by atoms with Gasteiger partial charge in [0.15, 0.2) is 11.5 Å². The predicted octanol–water partition coefficient (Wildman–Crippen LogP) is 0.0179. The van der Waals surface area contributed by atoms with E-state index in [0.717, 1.165) is 5.56 Å². The van der Waals surface area contributed by atoms with Crippen molar-refractivity contribution in [2.75, 3.05) is 11.9 Å². The Kier molecular flexibility index (Phi) is 3.56. The number of amides is 2. The molecule has 0 bridgehead atoms. The monoisotopic (exact) mass is 259 g/mol. The van der Waals surface area contributed by atoms with E-state index in [4.69, 9.17) is 5.73 Å². The molecular weight excluding hydrogens is 246 g/mol. The van der Waals surface area contributed by atoms with Crippen LogP contribution in [0.25, 0.3) is 0 Å². The van der Waals surface area contributed by atoms with Crippen molar-refractivity contribution in [2.45, 2.75) is 6.54 Å². The molecule has 0 spiro atoms. The van der Waals surface area contributed by atoms with Crippen molar-refractivity contribution in [3.05, 3.63) is 41.6 Å². The first kappa shape index (κ1) is 12.7. The van der Waals surface area contributed by atoms with Gasteiger partial charge in [-0.2, -0.15) is 0 Å². The predicted molar refractivity (Wildman–Crippen MR) is 68.6 cm³/mol. The van der Waals surface area contributed by atoms with Gasteiger partial charge in [-0.25, -0.2) is 4.68 Å². The van der Waals surface area contributed by atoms with E-state index in [9.17, 15) is 9.59 Å². The van der Waals surface area contributed by atoms with Crippen molar-refractivity contribution in [1.82, 2.24) is 15.0 Å². The minimum Gasteiger partial charge on any atom is -0.364 e. The van der Waals surface area contributed by atoms with Crippen LogP contribution in [0.3, 0.4) is 0 Å². The molecule has 7 heteroatoms. The quantitative estimate of drug-likeness (QED) is 0.766. The van der Waals surface area contributed by atoms with Gasteiger partial charge >= 0.3 is 0 Å². The molecule has 98 valence electrons. The fraction of sp³-hybridized carbons (Fsp3) is 0.167. The summed E-state index contributed by atoms with van der Waals surface area (Å²) in [5, 5.41) is 7.59. The lowest BCUT2D eigenvalue weighted by Crippen LogP contribution is -2.23. The van der Waals surface area contributed by atoms with E-state index in [1.54, 1.807) is 0 Å². The molecule has 0 aliphatic carbocycles. The van der Waals surface area contributed by atoms with E-state index in [2.05, 4.69) is 10.3 Å². The molecule has 0 atom stereocenters. The van der Waals surface area contributed by atoms with Crippen molar-refractivity contribution < 1.29 is 9.59 Å². The second-order valence-electron chi connectivity index (χ2n) is 3.99. The average Bonchev–Trinajstić information content (AvgIpc) is 2.83. The largest absolute Gasteiger partial charge is 0.364 e. The normalized spacial score (nSPS) is 10.2. The molecule has 0 fully saturated rings. The topological polar surface area (TPSA) is 94.1 Å². The lowest BCUT2D eigenvalue weighted by molar-refractivity contribution is -0.107. The highest BCUT2D eigenvalue weighted by molar-refractivity contribution is 5.97. The number of anilines is 1. The Morgan fingerprint density at radius 2 is 2.11 bits per heavy atom. The zero-order valence-corrected chi connectivity index (χ0v) is 10.4. The Labute approximate surface area is 109 Å². The van der Waals surface area contributed by atoms with Gasteiger partial charge in [0, 0.05) is 7.05 Å². The lowest BCUT2D eigenvalue weighted by Gasteiger charge is -2.13. The fourth-order valence-electron chi connectivity index (χ4n) is 1.73. The van der Waals surface area contributed by atoms with Gasteiger partial charge in [0.05, 0.1) is 6.54 Å². The maximum atomic E-state index is 11.3. The smallest absolute Gasteiger partial charge is 0.273 e. The number of aromatic nitrogens is 3. The summed E-state index contributed by atoms with van der Waals surface area (Å²) in [4.78, 5) is 23.4. The molecule has 0 unspecified atom stereocenters. The van der Waals surface area contributed by atoms with Crippen LogP contribution in [0.5, 0.6) is 0 Å². The van der Waals surface area contributed by atoms with E-state index >= 15 is 0 Å². The second-order valence-corrected chi connectivity index (χ2v) is 3.99. The van der Waals surface area contributed by atoms with Crippen LogP contribution in [0.1, 0.15) is 16.1 Å². The molecule has 0 saturated heterocycles. The van der Waals surface area contributed by atoms with Crippen molar-refractivity contribution in [2.24, 2.45) is 5.73 Å². The molecule has 2 rings (SSSR count). The molecule has 1 aromatic carbocycles. The van der Waals surface area contributed by atoms with E-state index < -0.39 is 5.91 Å². The number of carbonyl (C=O) groups excluding carboxylic acids is 2. The number of rotatable bonds is 5. The number of hydrogen-bond donors (Lipinski definition) is 1. The third-order valence-corrected chi connectivity index (χ3v) is 2.61.